The normalized spacial score (nSPS) is 16.8. The zero-order valence-corrected chi connectivity index (χ0v) is 6.92. The first-order valence-electron chi connectivity index (χ1n) is 3.79. The van der Waals surface area contributed by atoms with E-state index in [1.54, 1.807) is 0 Å². The Labute approximate surface area is 62.3 Å². The first-order chi connectivity index (χ1) is 4.70. The quantitative estimate of drug-likeness (QED) is 0.451. The Morgan fingerprint density at radius 2 is 2.00 bits per heavy atom. The van der Waals surface area contributed by atoms with Gasteiger partial charge in [0.25, 0.3) is 0 Å². The van der Waals surface area contributed by atoms with Crippen molar-refractivity contribution in [3.8, 4) is 0 Å². The maximum Gasteiger partial charge on any atom is 0.174 e. The molecule has 62 valence electrons. The van der Waals surface area contributed by atoms with E-state index in [4.69, 9.17) is 9.94 Å². The molecular weight excluding hydrogens is 130 g/mol. The topological polar surface area (TPSA) is 41.5 Å². The van der Waals surface area contributed by atoms with Gasteiger partial charge in [0, 0.05) is 6.04 Å². The third kappa shape index (κ3) is 4.73. The molecule has 0 bridgehead atoms. The number of hydroxylamine groups is 1. The summed E-state index contributed by atoms with van der Waals surface area (Å²) in [5.74, 6) is 0. The lowest BCUT2D eigenvalue weighted by atomic mass is 10.3. The molecule has 2 unspecified atom stereocenters. The average molecular weight is 147 g/mol. The first-order valence-corrected chi connectivity index (χ1v) is 3.79. The van der Waals surface area contributed by atoms with Crippen molar-refractivity contribution in [1.82, 2.24) is 5.48 Å². The van der Waals surface area contributed by atoms with Gasteiger partial charge in [0.05, 0.1) is 0 Å². The number of aliphatic hydroxyl groups excluding tert-OH is 1. The lowest BCUT2D eigenvalue weighted by molar-refractivity contribution is -0.155. The predicted octanol–water partition coefficient (Wildman–Crippen LogP) is 1.03. The maximum absolute atomic E-state index is 8.92. The van der Waals surface area contributed by atoms with Gasteiger partial charge in [-0.25, -0.2) is 0 Å². The SMILES string of the molecule is CCC(C)NOC(O)CC. The monoisotopic (exact) mass is 147 g/mol. The fourth-order valence-corrected chi connectivity index (χ4v) is 0.361. The van der Waals surface area contributed by atoms with Crippen LogP contribution in [0.15, 0.2) is 0 Å². The van der Waals surface area contributed by atoms with Gasteiger partial charge >= 0.3 is 0 Å². The van der Waals surface area contributed by atoms with E-state index in [0.29, 0.717) is 12.5 Å². The van der Waals surface area contributed by atoms with Gasteiger partial charge in [-0.1, -0.05) is 13.8 Å². The van der Waals surface area contributed by atoms with E-state index in [-0.39, 0.29) is 0 Å². The van der Waals surface area contributed by atoms with Gasteiger partial charge in [-0.05, 0) is 19.8 Å². The fraction of sp³-hybridized carbons (Fsp3) is 1.00. The second-order valence-corrected chi connectivity index (χ2v) is 2.41. The van der Waals surface area contributed by atoms with Crippen LogP contribution < -0.4 is 5.48 Å². The highest BCUT2D eigenvalue weighted by Crippen LogP contribution is 1.92. The molecule has 3 nitrogen and oxygen atoms in total. The van der Waals surface area contributed by atoms with Gasteiger partial charge in [-0.3, -0.25) is 4.84 Å². The highest BCUT2D eigenvalue weighted by atomic mass is 16.7. The first kappa shape index (κ1) is 9.88. The highest BCUT2D eigenvalue weighted by Gasteiger charge is 2.01. The molecule has 0 saturated carbocycles. The highest BCUT2D eigenvalue weighted by molar-refractivity contribution is 4.48. The van der Waals surface area contributed by atoms with E-state index in [2.05, 4.69) is 12.4 Å². The number of aliphatic hydroxyl groups is 1. The second kappa shape index (κ2) is 5.65. The number of rotatable bonds is 5. The lowest BCUT2D eigenvalue weighted by Crippen LogP contribution is -2.30. The van der Waals surface area contributed by atoms with Crippen molar-refractivity contribution < 1.29 is 9.94 Å². The molecule has 0 heterocycles. The summed E-state index contributed by atoms with van der Waals surface area (Å²) in [4.78, 5) is 4.85. The summed E-state index contributed by atoms with van der Waals surface area (Å²) in [5.41, 5.74) is 2.73. The molecule has 0 aromatic rings. The average Bonchev–Trinajstić information content (AvgIpc) is 1.99. The van der Waals surface area contributed by atoms with Crippen molar-refractivity contribution in [2.75, 3.05) is 0 Å². The molecule has 0 aromatic carbocycles. The number of hydrogen-bond donors (Lipinski definition) is 2. The molecule has 2 atom stereocenters. The fourth-order valence-electron chi connectivity index (χ4n) is 0.361. The molecule has 0 rings (SSSR count). The van der Waals surface area contributed by atoms with Gasteiger partial charge in [0.1, 0.15) is 0 Å². The molecule has 0 aliphatic heterocycles. The number of nitrogens with one attached hydrogen (secondary N) is 1. The van der Waals surface area contributed by atoms with E-state index in [1.165, 1.54) is 0 Å². The van der Waals surface area contributed by atoms with Gasteiger partial charge in [-0.2, -0.15) is 5.48 Å². The minimum atomic E-state index is -0.672. The minimum Gasteiger partial charge on any atom is -0.366 e. The van der Waals surface area contributed by atoms with Crippen molar-refractivity contribution in [3.63, 3.8) is 0 Å². The van der Waals surface area contributed by atoms with Crippen LogP contribution in [-0.2, 0) is 4.84 Å². The van der Waals surface area contributed by atoms with Gasteiger partial charge in [-0.15, -0.1) is 0 Å². The van der Waals surface area contributed by atoms with E-state index in [1.807, 2.05) is 13.8 Å². The molecule has 0 spiro atoms. The van der Waals surface area contributed by atoms with Crippen molar-refractivity contribution in [2.45, 2.75) is 45.9 Å². The summed E-state index contributed by atoms with van der Waals surface area (Å²) in [6.07, 6.45) is 0.939. The van der Waals surface area contributed by atoms with Crippen molar-refractivity contribution in [2.24, 2.45) is 0 Å². The van der Waals surface area contributed by atoms with Crippen LogP contribution in [0, 0.1) is 0 Å². The summed E-state index contributed by atoms with van der Waals surface area (Å²) in [6.45, 7) is 5.92. The van der Waals surface area contributed by atoms with Crippen LogP contribution >= 0.6 is 0 Å². The Morgan fingerprint density at radius 3 is 2.40 bits per heavy atom. The molecule has 0 aliphatic rings. The molecule has 0 radical (unpaired) electrons. The van der Waals surface area contributed by atoms with E-state index in [9.17, 15) is 0 Å². The van der Waals surface area contributed by atoms with Crippen LogP contribution in [0.4, 0.5) is 0 Å². The molecule has 3 heteroatoms. The van der Waals surface area contributed by atoms with Crippen LogP contribution in [0.5, 0.6) is 0 Å². The van der Waals surface area contributed by atoms with Crippen molar-refractivity contribution >= 4 is 0 Å². The molecule has 0 fully saturated rings. The largest absolute Gasteiger partial charge is 0.366 e. The Kier molecular flexibility index (Phi) is 5.58. The van der Waals surface area contributed by atoms with Crippen molar-refractivity contribution in [1.29, 1.82) is 0 Å². The third-order valence-electron chi connectivity index (χ3n) is 1.37. The Morgan fingerprint density at radius 1 is 1.40 bits per heavy atom. The summed E-state index contributed by atoms with van der Waals surface area (Å²) >= 11 is 0. The van der Waals surface area contributed by atoms with Gasteiger partial charge < -0.3 is 5.11 Å². The van der Waals surface area contributed by atoms with Crippen LogP contribution in [0.2, 0.25) is 0 Å². The van der Waals surface area contributed by atoms with Crippen LogP contribution in [0.1, 0.15) is 33.6 Å². The summed E-state index contributed by atoms with van der Waals surface area (Å²) < 4.78 is 0. The van der Waals surface area contributed by atoms with E-state index in [0.717, 1.165) is 6.42 Å². The summed E-state index contributed by atoms with van der Waals surface area (Å²) in [6, 6.07) is 0.307. The summed E-state index contributed by atoms with van der Waals surface area (Å²) in [7, 11) is 0. The molecular formula is C7H17NO2. The Balaban J connectivity index is 3.17. The van der Waals surface area contributed by atoms with Crippen LogP contribution in [-0.4, -0.2) is 17.4 Å². The Hall–Kier alpha value is -0.120. The van der Waals surface area contributed by atoms with E-state index >= 15 is 0 Å². The second-order valence-electron chi connectivity index (χ2n) is 2.41. The molecule has 0 saturated heterocycles. The molecule has 0 amide bonds. The van der Waals surface area contributed by atoms with Gasteiger partial charge in [0.15, 0.2) is 6.29 Å². The lowest BCUT2D eigenvalue weighted by Gasteiger charge is -2.14. The van der Waals surface area contributed by atoms with Crippen LogP contribution in [0.25, 0.3) is 0 Å². The smallest absolute Gasteiger partial charge is 0.174 e. The molecule has 0 aliphatic carbocycles. The zero-order chi connectivity index (χ0) is 7.98. The molecule has 10 heavy (non-hydrogen) atoms. The maximum atomic E-state index is 8.92. The Bertz CT molecular complexity index is 68.0. The summed E-state index contributed by atoms with van der Waals surface area (Å²) in [5, 5.41) is 8.92. The van der Waals surface area contributed by atoms with Crippen molar-refractivity contribution in [3.05, 3.63) is 0 Å². The number of hydrogen-bond acceptors (Lipinski definition) is 3. The van der Waals surface area contributed by atoms with Gasteiger partial charge in [0.2, 0.25) is 0 Å². The minimum absolute atomic E-state index is 0.307. The standard InChI is InChI=1S/C7H17NO2/c1-4-6(3)8-10-7(9)5-2/h6-9H,4-5H2,1-3H3. The molecule has 0 aromatic heterocycles. The molecule has 2 N–H and O–H groups in total. The predicted molar refractivity (Wildman–Crippen MR) is 40.3 cm³/mol. The van der Waals surface area contributed by atoms with E-state index < -0.39 is 6.29 Å². The zero-order valence-electron chi connectivity index (χ0n) is 6.92. The third-order valence-corrected chi connectivity index (χ3v) is 1.37. The van der Waals surface area contributed by atoms with Crippen LogP contribution in [0.3, 0.4) is 0 Å².